The lowest BCUT2D eigenvalue weighted by atomic mass is 9.97. The van der Waals surface area contributed by atoms with E-state index in [0.717, 1.165) is 25.7 Å². The zero-order chi connectivity index (χ0) is 20.6. The molecule has 1 aromatic carbocycles. The van der Waals surface area contributed by atoms with Crippen molar-refractivity contribution in [3.05, 3.63) is 35.6 Å². The molecule has 1 saturated heterocycles. The number of benzene rings is 1. The smallest absolute Gasteiger partial charge is 0.311 e. The van der Waals surface area contributed by atoms with Crippen LogP contribution in [-0.2, 0) is 14.3 Å². The topological polar surface area (TPSA) is 75.7 Å². The summed E-state index contributed by atoms with van der Waals surface area (Å²) in [5, 5.41) is 2.96. The highest BCUT2D eigenvalue weighted by molar-refractivity contribution is 5.94. The van der Waals surface area contributed by atoms with Crippen LogP contribution in [0, 0.1) is 11.7 Å². The average Bonchev–Trinajstić information content (AvgIpc) is 3.01. The summed E-state index contributed by atoms with van der Waals surface area (Å²) in [6.07, 6.45) is 7.89. The normalized spacial score (nSPS) is 20.6. The highest BCUT2D eigenvalue weighted by Crippen LogP contribution is 2.20. The molecule has 1 saturated carbocycles. The maximum atomic E-state index is 13.1. The minimum atomic E-state index is -0.447. The van der Waals surface area contributed by atoms with Crippen LogP contribution in [0.4, 0.5) is 4.39 Å². The van der Waals surface area contributed by atoms with Gasteiger partial charge in [-0.05, 0) is 49.9 Å². The van der Waals surface area contributed by atoms with E-state index < -0.39 is 17.7 Å². The number of piperidine rings is 1. The molecule has 1 atom stereocenters. The minimum Gasteiger partial charge on any atom is -0.455 e. The van der Waals surface area contributed by atoms with Gasteiger partial charge in [-0.2, -0.15) is 0 Å². The van der Waals surface area contributed by atoms with Crippen LogP contribution in [0.1, 0.15) is 61.7 Å². The Balaban J connectivity index is 1.45. The van der Waals surface area contributed by atoms with Crippen LogP contribution in [0.3, 0.4) is 0 Å². The van der Waals surface area contributed by atoms with Crippen molar-refractivity contribution in [2.24, 2.45) is 5.92 Å². The van der Waals surface area contributed by atoms with Crippen LogP contribution in [0.5, 0.6) is 0 Å². The Morgan fingerprint density at radius 2 is 1.69 bits per heavy atom. The molecule has 7 heteroatoms. The number of halogens is 1. The Bertz CT molecular complexity index is 714. The molecule has 1 unspecified atom stereocenters. The molecule has 2 aliphatic rings. The molecule has 1 aromatic rings. The third-order valence-electron chi connectivity index (χ3n) is 5.70. The first kappa shape index (κ1) is 21.3. The molecule has 0 bridgehead atoms. The Kier molecular flexibility index (Phi) is 7.61. The third-order valence-corrected chi connectivity index (χ3v) is 5.70. The number of hydrogen-bond donors (Lipinski definition) is 1. The van der Waals surface area contributed by atoms with E-state index in [-0.39, 0.29) is 31.0 Å². The van der Waals surface area contributed by atoms with Crippen LogP contribution >= 0.6 is 0 Å². The van der Waals surface area contributed by atoms with Crippen molar-refractivity contribution in [2.45, 2.75) is 57.4 Å². The number of hydrogen-bond acceptors (Lipinski definition) is 4. The highest BCUT2D eigenvalue weighted by Gasteiger charge is 2.30. The lowest BCUT2D eigenvalue weighted by Crippen LogP contribution is -2.43. The second-order valence-electron chi connectivity index (χ2n) is 7.96. The summed E-state index contributed by atoms with van der Waals surface area (Å²) < 4.78 is 18.3. The zero-order valence-corrected chi connectivity index (χ0v) is 16.7. The summed E-state index contributed by atoms with van der Waals surface area (Å²) in [6.45, 7) is 0.513. The molecular formula is C22H29FN2O4. The predicted molar refractivity (Wildman–Crippen MR) is 106 cm³/mol. The largest absolute Gasteiger partial charge is 0.455 e. The van der Waals surface area contributed by atoms with Gasteiger partial charge in [0.05, 0.1) is 5.92 Å². The number of likely N-dealkylation sites (tertiary alicyclic amines) is 1. The van der Waals surface area contributed by atoms with E-state index in [4.69, 9.17) is 4.74 Å². The van der Waals surface area contributed by atoms with Gasteiger partial charge in [0.2, 0.25) is 0 Å². The number of carbonyl (C=O) groups excluding carboxylic acids is 3. The number of rotatable bonds is 5. The van der Waals surface area contributed by atoms with E-state index in [1.165, 1.54) is 37.1 Å². The van der Waals surface area contributed by atoms with E-state index in [1.54, 1.807) is 4.90 Å². The summed E-state index contributed by atoms with van der Waals surface area (Å²) in [4.78, 5) is 38.7. The van der Waals surface area contributed by atoms with Crippen molar-refractivity contribution in [1.29, 1.82) is 0 Å². The monoisotopic (exact) mass is 404 g/mol. The van der Waals surface area contributed by atoms with E-state index in [2.05, 4.69) is 5.32 Å². The van der Waals surface area contributed by atoms with E-state index in [9.17, 15) is 18.8 Å². The number of esters is 1. The van der Waals surface area contributed by atoms with Crippen LogP contribution in [-0.4, -0.2) is 48.4 Å². The SMILES string of the molecule is O=C(COC(=O)C1CCCN(C(=O)c2ccc(F)cc2)C1)NC1CCCCCC1. The first-order valence-corrected chi connectivity index (χ1v) is 10.5. The summed E-state index contributed by atoms with van der Waals surface area (Å²) in [5.74, 6) is -1.78. The molecule has 1 aliphatic heterocycles. The van der Waals surface area contributed by atoms with Crippen molar-refractivity contribution in [3.8, 4) is 0 Å². The average molecular weight is 404 g/mol. The van der Waals surface area contributed by atoms with Crippen LogP contribution in [0.25, 0.3) is 0 Å². The van der Waals surface area contributed by atoms with Gasteiger partial charge < -0.3 is 15.0 Å². The molecule has 0 radical (unpaired) electrons. The third kappa shape index (κ3) is 6.27. The van der Waals surface area contributed by atoms with Gasteiger partial charge in [-0.15, -0.1) is 0 Å². The van der Waals surface area contributed by atoms with Gasteiger partial charge in [0.1, 0.15) is 5.82 Å². The van der Waals surface area contributed by atoms with Crippen molar-refractivity contribution < 1.29 is 23.5 Å². The number of nitrogens with one attached hydrogen (secondary N) is 1. The van der Waals surface area contributed by atoms with E-state index >= 15 is 0 Å². The molecule has 6 nitrogen and oxygen atoms in total. The zero-order valence-electron chi connectivity index (χ0n) is 16.7. The number of carbonyl (C=O) groups is 3. The lowest BCUT2D eigenvalue weighted by molar-refractivity contribution is -0.154. The predicted octanol–water partition coefficient (Wildman–Crippen LogP) is 3.06. The van der Waals surface area contributed by atoms with Crippen LogP contribution in [0.15, 0.2) is 24.3 Å². The Morgan fingerprint density at radius 3 is 2.38 bits per heavy atom. The summed E-state index contributed by atoms with van der Waals surface area (Å²) in [6, 6.07) is 5.54. The van der Waals surface area contributed by atoms with Gasteiger partial charge in [0, 0.05) is 24.7 Å². The molecule has 29 heavy (non-hydrogen) atoms. The second kappa shape index (κ2) is 10.4. The quantitative estimate of drug-likeness (QED) is 0.605. The molecule has 1 N–H and O–H groups in total. The number of nitrogens with zero attached hydrogens (tertiary/aromatic N) is 1. The number of amides is 2. The molecule has 1 aliphatic carbocycles. The minimum absolute atomic E-state index is 0.169. The van der Waals surface area contributed by atoms with E-state index in [0.29, 0.717) is 24.9 Å². The maximum absolute atomic E-state index is 13.1. The molecule has 158 valence electrons. The molecule has 0 spiro atoms. The fourth-order valence-electron chi connectivity index (χ4n) is 4.08. The number of ether oxygens (including phenoxy) is 1. The fourth-order valence-corrected chi connectivity index (χ4v) is 4.08. The first-order chi connectivity index (χ1) is 14.0. The molecule has 1 heterocycles. The van der Waals surface area contributed by atoms with Crippen molar-refractivity contribution >= 4 is 17.8 Å². The van der Waals surface area contributed by atoms with Crippen LogP contribution in [0.2, 0.25) is 0 Å². The molecule has 2 fully saturated rings. The van der Waals surface area contributed by atoms with Gasteiger partial charge in [0.15, 0.2) is 6.61 Å². The van der Waals surface area contributed by atoms with Crippen molar-refractivity contribution in [2.75, 3.05) is 19.7 Å². The van der Waals surface area contributed by atoms with Gasteiger partial charge >= 0.3 is 5.97 Å². The van der Waals surface area contributed by atoms with Crippen LogP contribution < -0.4 is 5.32 Å². The Morgan fingerprint density at radius 1 is 1.00 bits per heavy atom. The van der Waals surface area contributed by atoms with Gasteiger partial charge in [0.25, 0.3) is 11.8 Å². The lowest BCUT2D eigenvalue weighted by Gasteiger charge is -2.31. The summed E-state index contributed by atoms with van der Waals surface area (Å²) >= 11 is 0. The Labute approximate surface area is 170 Å². The molecule has 3 rings (SSSR count). The summed E-state index contributed by atoms with van der Waals surface area (Å²) in [5.41, 5.74) is 0.392. The Hall–Kier alpha value is -2.44. The van der Waals surface area contributed by atoms with Gasteiger partial charge in [-0.1, -0.05) is 25.7 Å². The molecular weight excluding hydrogens is 375 g/mol. The van der Waals surface area contributed by atoms with Crippen molar-refractivity contribution in [3.63, 3.8) is 0 Å². The first-order valence-electron chi connectivity index (χ1n) is 10.5. The molecule has 2 amide bonds. The highest BCUT2D eigenvalue weighted by atomic mass is 19.1. The van der Waals surface area contributed by atoms with E-state index in [1.807, 2.05) is 0 Å². The second-order valence-corrected chi connectivity index (χ2v) is 7.96. The van der Waals surface area contributed by atoms with Crippen molar-refractivity contribution in [1.82, 2.24) is 10.2 Å². The fraction of sp³-hybridized carbons (Fsp3) is 0.591. The molecule has 0 aromatic heterocycles. The van der Waals surface area contributed by atoms with Gasteiger partial charge in [-0.3, -0.25) is 14.4 Å². The standard InChI is InChI=1S/C22H29FN2O4/c23-18-11-9-16(10-12-18)21(27)25-13-5-6-17(14-25)22(28)29-15-20(26)24-19-7-3-1-2-4-8-19/h9-12,17,19H,1-8,13-15H2,(H,24,26). The van der Waals surface area contributed by atoms with Gasteiger partial charge in [-0.25, -0.2) is 4.39 Å². The maximum Gasteiger partial charge on any atom is 0.311 e. The summed E-state index contributed by atoms with van der Waals surface area (Å²) in [7, 11) is 0.